The Labute approximate surface area is 119 Å². The predicted octanol–water partition coefficient (Wildman–Crippen LogP) is 2.26. The third-order valence-corrected chi connectivity index (χ3v) is 2.94. The molecule has 1 heterocycles. The van der Waals surface area contributed by atoms with Crippen molar-refractivity contribution in [1.82, 2.24) is 10.3 Å². The molecule has 0 saturated heterocycles. The Morgan fingerprint density at radius 1 is 1.35 bits per heavy atom. The summed E-state index contributed by atoms with van der Waals surface area (Å²) in [6.07, 6.45) is 0.841. The summed E-state index contributed by atoms with van der Waals surface area (Å²) in [6, 6.07) is 5.25. The number of hydrogen-bond donors (Lipinski definition) is 2. The lowest BCUT2D eigenvalue weighted by molar-refractivity contribution is -0.138. The Kier molecular flexibility index (Phi) is 6.15. The zero-order chi connectivity index (χ0) is 15.1. The SMILES string of the molecule is Cc1cccc(C(=O)NC[C@H](CC(=O)O)CC(C)C)n1. The van der Waals surface area contributed by atoms with Gasteiger partial charge < -0.3 is 10.4 Å². The van der Waals surface area contributed by atoms with Crippen LogP contribution in [0.2, 0.25) is 0 Å². The Balaban J connectivity index is 2.57. The Bertz CT molecular complexity index is 472. The molecule has 0 radical (unpaired) electrons. The molecule has 0 aromatic carbocycles. The van der Waals surface area contributed by atoms with E-state index in [4.69, 9.17) is 5.11 Å². The summed E-state index contributed by atoms with van der Waals surface area (Å²) in [4.78, 5) is 26.9. The summed E-state index contributed by atoms with van der Waals surface area (Å²) in [5, 5.41) is 11.7. The third kappa shape index (κ3) is 5.82. The standard InChI is InChI=1S/C15H22N2O3/c1-10(2)7-12(8-14(18)19)9-16-15(20)13-6-4-5-11(3)17-13/h4-6,10,12H,7-9H2,1-3H3,(H,16,20)(H,18,19)/t12-/m0/s1. The van der Waals surface area contributed by atoms with Gasteiger partial charge in [-0.05, 0) is 37.3 Å². The van der Waals surface area contributed by atoms with Crippen LogP contribution in [0, 0.1) is 18.8 Å². The first kappa shape index (κ1) is 16.1. The van der Waals surface area contributed by atoms with E-state index in [1.54, 1.807) is 12.1 Å². The zero-order valence-corrected chi connectivity index (χ0v) is 12.2. The zero-order valence-electron chi connectivity index (χ0n) is 12.2. The molecule has 0 saturated carbocycles. The van der Waals surface area contributed by atoms with Crippen LogP contribution in [0.25, 0.3) is 0 Å². The molecule has 1 aromatic rings. The van der Waals surface area contributed by atoms with Gasteiger partial charge in [-0.25, -0.2) is 4.98 Å². The number of pyridine rings is 1. The van der Waals surface area contributed by atoms with E-state index < -0.39 is 5.97 Å². The largest absolute Gasteiger partial charge is 0.481 e. The molecule has 110 valence electrons. The predicted molar refractivity (Wildman–Crippen MR) is 76.5 cm³/mol. The number of carboxylic acid groups (broad SMARTS) is 1. The van der Waals surface area contributed by atoms with E-state index in [1.807, 2.05) is 26.8 Å². The molecule has 0 unspecified atom stereocenters. The van der Waals surface area contributed by atoms with E-state index in [-0.39, 0.29) is 18.2 Å². The number of carbonyl (C=O) groups excluding carboxylic acids is 1. The van der Waals surface area contributed by atoms with Crippen LogP contribution in [-0.2, 0) is 4.79 Å². The van der Waals surface area contributed by atoms with Crippen molar-refractivity contribution in [3.05, 3.63) is 29.6 Å². The summed E-state index contributed by atoms with van der Waals surface area (Å²) in [7, 11) is 0. The molecule has 0 aliphatic heterocycles. The normalized spacial score (nSPS) is 12.2. The number of amides is 1. The maximum absolute atomic E-state index is 12.0. The van der Waals surface area contributed by atoms with Crippen molar-refractivity contribution >= 4 is 11.9 Å². The second-order valence-corrected chi connectivity index (χ2v) is 5.47. The topological polar surface area (TPSA) is 79.3 Å². The summed E-state index contributed by atoms with van der Waals surface area (Å²) in [5.41, 5.74) is 1.14. The fourth-order valence-corrected chi connectivity index (χ4v) is 2.15. The van der Waals surface area contributed by atoms with E-state index in [0.29, 0.717) is 18.2 Å². The first-order chi connectivity index (χ1) is 9.38. The van der Waals surface area contributed by atoms with E-state index in [9.17, 15) is 9.59 Å². The lowest BCUT2D eigenvalue weighted by atomic mass is 9.94. The van der Waals surface area contributed by atoms with Crippen molar-refractivity contribution < 1.29 is 14.7 Å². The number of rotatable bonds is 7. The van der Waals surface area contributed by atoms with Crippen molar-refractivity contribution in [2.75, 3.05) is 6.54 Å². The van der Waals surface area contributed by atoms with Gasteiger partial charge in [-0.2, -0.15) is 0 Å². The average Bonchev–Trinajstić information content (AvgIpc) is 2.34. The van der Waals surface area contributed by atoms with Gasteiger partial charge in [0.05, 0.1) is 0 Å². The maximum atomic E-state index is 12.0. The number of aromatic nitrogens is 1. The molecule has 0 spiro atoms. The van der Waals surface area contributed by atoms with Gasteiger partial charge in [-0.3, -0.25) is 9.59 Å². The minimum Gasteiger partial charge on any atom is -0.481 e. The van der Waals surface area contributed by atoms with Crippen LogP contribution in [0.5, 0.6) is 0 Å². The lowest BCUT2D eigenvalue weighted by Gasteiger charge is -2.17. The van der Waals surface area contributed by atoms with Crippen LogP contribution in [0.1, 0.15) is 42.9 Å². The van der Waals surface area contributed by atoms with Crippen LogP contribution in [0.15, 0.2) is 18.2 Å². The van der Waals surface area contributed by atoms with Gasteiger partial charge >= 0.3 is 5.97 Å². The summed E-state index contributed by atoms with van der Waals surface area (Å²) < 4.78 is 0. The van der Waals surface area contributed by atoms with Crippen molar-refractivity contribution in [1.29, 1.82) is 0 Å². The van der Waals surface area contributed by atoms with Crippen LogP contribution in [-0.4, -0.2) is 28.5 Å². The number of nitrogens with zero attached hydrogens (tertiary/aromatic N) is 1. The average molecular weight is 278 g/mol. The van der Waals surface area contributed by atoms with Gasteiger partial charge in [0.2, 0.25) is 0 Å². The van der Waals surface area contributed by atoms with Crippen LogP contribution >= 0.6 is 0 Å². The highest BCUT2D eigenvalue weighted by Gasteiger charge is 2.17. The monoisotopic (exact) mass is 278 g/mol. The number of carbonyl (C=O) groups is 2. The number of hydrogen-bond acceptors (Lipinski definition) is 3. The summed E-state index contributed by atoms with van der Waals surface area (Å²) >= 11 is 0. The molecule has 0 aliphatic carbocycles. The fraction of sp³-hybridized carbons (Fsp3) is 0.533. The van der Waals surface area contributed by atoms with Gasteiger partial charge in [0.25, 0.3) is 5.91 Å². The van der Waals surface area contributed by atoms with E-state index >= 15 is 0 Å². The van der Waals surface area contributed by atoms with E-state index in [1.165, 1.54) is 0 Å². The van der Waals surface area contributed by atoms with Crippen LogP contribution in [0.4, 0.5) is 0 Å². The molecule has 1 rings (SSSR count). The first-order valence-electron chi connectivity index (χ1n) is 6.82. The number of nitrogens with one attached hydrogen (secondary N) is 1. The molecule has 20 heavy (non-hydrogen) atoms. The number of aliphatic carboxylic acids is 1. The van der Waals surface area contributed by atoms with Gasteiger partial charge in [-0.15, -0.1) is 0 Å². The highest BCUT2D eigenvalue weighted by atomic mass is 16.4. The number of aryl methyl sites for hydroxylation is 1. The molecule has 0 fully saturated rings. The van der Waals surface area contributed by atoms with Crippen molar-refractivity contribution in [3.63, 3.8) is 0 Å². The third-order valence-electron chi connectivity index (χ3n) is 2.94. The van der Waals surface area contributed by atoms with Gasteiger partial charge in [0, 0.05) is 18.7 Å². The fourth-order valence-electron chi connectivity index (χ4n) is 2.15. The molecule has 1 atom stereocenters. The van der Waals surface area contributed by atoms with Crippen LogP contribution in [0.3, 0.4) is 0 Å². The summed E-state index contributed by atoms with van der Waals surface area (Å²) in [6.45, 7) is 6.26. The maximum Gasteiger partial charge on any atom is 0.303 e. The minimum absolute atomic E-state index is 0.0544. The Morgan fingerprint density at radius 2 is 2.05 bits per heavy atom. The Morgan fingerprint density at radius 3 is 2.60 bits per heavy atom. The quantitative estimate of drug-likeness (QED) is 0.801. The molecule has 0 aliphatic rings. The highest BCUT2D eigenvalue weighted by Crippen LogP contribution is 2.14. The van der Waals surface area contributed by atoms with Gasteiger partial charge in [0.1, 0.15) is 5.69 Å². The Hall–Kier alpha value is -1.91. The van der Waals surface area contributed by atoms with Gasteiger partial charge in [-0.1, -0.05) is 19.9 Å². The molecule has 1 aromatic heterocycles. The first-order valence-corrected chi connectivity index (χ1v) is 6.82. The van der Waals surface area contributed by atoms with E-state index in [0.717, 1.165) is 12.1 Å². The van der Waals surface area contributed by atoms with Crippen molar-refractivity contribution in [2.24, 2.45) is 11.8 Å². The van der Waals surface area contributed by atoms with Gasteiger partial charge in [0.15, 0.2) is 0 Å². The van der Waals surface area contributed by atoms with Crippen molar-refractivity contribution in [2.45, 2.75) is 33.6 Å². The smallest absolute Gasteiger partial charge is 0.303 e. The number of carboxylic acids is 1. The van der Waals surface area contributed by atoms with E-state index in [2.05, 4.69) is 10.3 Å². The van der Waals surface area contributed by atoms with Crippen molar-refractivity contribution in [3.8, 4) is 0 Å². The highest BCUT2D eigenvalue weighted by molar-refractivity contribution is 5.92. The molecule has 1 amide bonds. The molecular weight excluding hydrogens is 256 g/mol. The molecule has 5 nitrogen and oxygen atoms in total. The second-order valence-electron chi connectivity index (χ2n) is 5.47. The lowest BCUT2D eigenvalue weighted by Crippen LogP contribution is -2.31. The summed E-state index contributed by atoms with van der Waals surface area (Å²) in [5.74, 6) is -0.749. The minimum atomic E-state index is -0.835. The molecule has 5 heteroatoms. The molecule has 0 bridgehead atoms. The molecular formula is C15H22N2O3. The van der Waals surface area contributed by atoms with Crippen LogP contribution < -0.4 is 5.32 Å². The second kappa shape index (κ2) is 7.62. The molecule has 2 N–H and O–H groups in total.